The number of rotatable bonds is 5. The van der Waals surface area contributed by atoms with Gasteiger partial charge in [0.15, 0.2) is 0 Å². The van der Waals surface area contributed by atoms with E-state index in [9.17, 15) is 9.36 Å². The van der Waals surface area contributed by atoms with Gasteiger partial charge in [0.25, 0.3) is 0 Å². The van der Waals surface area contributed by atoms with Crippen LogP contribution < -0.4 is 5.09 Å². The molecule has 1 rings (SSSR count). The zero-order valence-electron chi connectivity index (χ0n) is 10.8. The minimum absolute atomic E-state index is 0.0311. The maximum absolute atomic E-state index is 10.8. The normalized spacial score (nSPS) is 13.0. The number of benzene rings is 1. The first-order valence-electron chi connectivity index (χ1n) is 5.40. The number of phosphoric acid groups is 1. The summed E-state index contributed by atoms with van der Waals surface area (Å²) in [7, 11) is -9.24. The highest BCUT2D eigenvalue weighted by molar-refractivity contribution is 7.49. The van der Waals surface area contributed by atoms with Gasteiger partial charge >= 0.3 is 21.5 Å². The molecule has 1 atom stereocenters. The van der Waals surface area contributed by atoms with E-state index in [4.69, 9.17) is 39.2 Å². The Hall–Kier alpha value is -1.29. The fraction of sp³-hybridized carbons (Fsp3) is 0.222. The lowest BCUT2D eigenvalue weighted by molar-refractivity contribution is -0.139. The van der Waals surface area contributed by atoms with Gasteiger partial charge in [-0.3, -0.25) is 4.79 Å². The molecule has 0 amide bonds. The third kappa shape index (κ3) is 12.5. The van der Waals surface area contributed by atoms with Crippen molar-refractivity contribution in [3.63, 3.8) is 0 Å². The van der Waals surface area contributed by atoms with Gasteiger partial charge in [0.05, 0.1) is 0 Å². The van der Waals surface area contributed by atoms with Crippen molar-refractivity contribution in [1.82, 2.24) is 5.09 Å². The van der Waals surface area contributed by atoms with Gasteiger partial charge in [-0.05, 0) is 24.1 Å². The van der Waals surface area contributed by atoms with E-state index < -0.39 is 27.6 Å². The smallest absolute Gasteiger partial charge is 0.466 e. The van der Waals surface area contributed by atoms with Crippen molar-refractivity contribution in [2.24, 2.45) is 0 Å². The number of carboxylic acid groups (broad SMARTS) is 1. The minimum Gasteiger partial charge on any atom is -0.508 e. The van der Waals surface area contributed by atoms with Gasteiger partial charge in [0, 0.05) is 0 Å². The van der Waals surface area contributed by atoms with Crippen LogP contribution in [0, 0.1) is 0 Å². The summed E-state index contributed by atoms with van der Waals surface area (Å²) in [5.41, 5.74) is 0.538. The summed E-state index contributed by atoms with van der Waals surface area (Å²) in [4.78, 5) is 49.7. The van der Waals surface area contributed by atoms with Crippen LogP contribution in [0.25, 0.3) is 0 Å². The molecule has 0 heterocycles. The Morgan fingerprint density at radius 2 is 1.45 bits per heavy atom. The minimum atomic E-state index is -4.64. The Kier molecular flexibility index (Phi) is 7.88. The molecule has 11 nitrogen and oxygen atoms in total. The summed E-state index contributed by atoms with van der Waals surface area (Å²) >= 11 is 0. The molecule has 126 valence electrons. The summed E-state index contributed by atoms with van der Waals surface area (Å²) in [6.07, 6.45) is -0.0965. The molecule has 0 bridgehead atoms. The molecule has 13 heteroatoms. The molecule has 1 unspecified atom stereocenters. The predicted molar refractivity (Wildman–Crippen MR) is 72.7 cm³/mol. The maximum Gasteiger partial charge on any atom is 0.466 e. The fourth-order valence-corrected chi connectivity index (χ4v) is 1.87. The van der Waals surface area contributed by atoms with E-state index in [1.165, 1.54) is 24.3 Å². The van der Waals surface area contributed by atoms with E-state index in [0.717, 1.165) is 0 Å². The van der Waals surface area contributed by atoms with Crippen LogP contribution in [0.3, 0.4) is 0 Å². The largest absolute Gasteiger partial charge is 0.508 e. The molecule has 0 radical (unpaired) electrons. The van der Waals surface area contributed by atoms with Crippen molar-refractivity contribution in [3.8, 4) is 5.75 Å². The summed E-state index contributed by atoms with van der Waals surface area (Å²) in [5, 5.41) is 19.6. The van der Waals surface area contributed by atoms with Crippen molar-refractivity contribution < 1.29 is 48.6 Å². The molecule has 8 N–H and O–H groups in total. The molecule has 1 aromatic rings. The Labute approximate surface area is 124 Å². The van der Waals surface area contributed by atoms with E-state index in [-0.39, 0.29) is 12.2 Å². The quantitative estimate of drug-likeness (QED) is 0.304. The number of carbonyl (C=O) groups is 1. The molecule has 0 fully saturated rings. The Balaban J connectivity index is 0.000000763. The van der Waals surface area contributed by atoms with Crippen molar-refractivity contribution in [2.75, 3.05) is 0 Å². The average molecular weight is 359 g/mol. The highest BCUT2D eigenvalue weighted by Crippen LogP contribution is 2.29. The zero-order chi connectivity index (χ0) is 17.6. The highest BCUT2D eigenvalue weighted by atomic mass is 31.2. The second kappa shape index (κ2) is 8.37. The second-order valence-corrected chi connectivity index (χ2v) is 6.32. The van der Waals surface area contributed by atoms with Gasteiger partial charge in [0.2, 0.25) is 0 Å². The summed E-state index contributed by atoms with van der Waals surface area (Å²) in [6.45, 7) is 0. The van der Waals surface area contributed by atoms with Crippen LogP contribution in [-0.4, -0.2) is 46.7 Å². The van der Waals surface area contributed by atoms with Crippen LogP contribution in [0.1, 0.15) is 5.56 Å². The van der Waals surface area contributed by atoms with Crippen molar-refractivity contribution in [1.29, 1.82) is 0 Å². The van der Waals surface area contributed by atoms with Crippen molar-refractivity contribution in [3.05, 3.63) is 29.8 Å². The Morgan fingerprint density at radius 1 is 1.05 bits per heavy atom. The van der Waals surface area contributed by atoms with Crippen molar-refractivity contribution >= 4 is 21.5 Å². The van der Waals surface area contributed by atoms with Crippen LogP contribution in [0.4, 0.5) is 0 Å². The average Bonchev–Trinajstić information content (AvgIpc) is 2.27. The number of hydrogen-bond donors (Lipinski definition) is 8. The van der Waals surface area contributed by atoms with Gasteiger partial charge in [-0.15, -0.1) is 0 Å². The first kappa shape index (κ1) is 20.7. The van der Waals surface area contributed by atoms with E-state index in [1.807, 2.05) is 0 Å². The Bertz CT molecular complexity index is 568. The van der Waals surface area contributed by atoms with Crippen LogP contribution in [-0.2, 0) is 20.3 Å². The highest BCUT2D eigenvalue weighted by Gasteiger charge is 2.25. The van der Waals surface area contributed by atoms with Crippen molar-refractivity contribution in [2.45, 2.75) is 12.5 Å². The standard InChI is InChI=1S/C9H12NO6P.H3O4P/c11-7-3-1-6(2-4-7)5-8(9(12)13)10-17(14,15)16;1-5(2,3)4/h1-4,8,11H,5H2,(H,12,13)(H3,10,14,15,16);(H3,1,2,3,4). The lowest BCUT2D eigenvalue weighted by atomic mass is 10.1. The third-order valence-electron chi connectivity index (χ3n) is 2.00. The molecule has 0 aliphatic heterocycles. The van der Waals surface area contributed by atoms with Gasteiger partial charge in [-0.1, -0.05) is 12.1 Å². The summed E-state index contributed by atoms with van der Waals surface area (Å²) in [5.74, 6) is -1.33. The first-order valence-corrected chi connectivity index (χ1v) is 8.58. The third-order valence-corrected chi connectivity index (χ3v) is 2.65. The van der Waals surface area contributed by atoms with Gasteiger partial charge in [-0.2, -0.15) is 0 Å². The molecule has 0 aromatic heterocycles. The SMILES string of the molecule is O=C(O)C(Cc1ccc(O)cc1)NP(=O)(O)O.O=P(O)(O)O. The van der Waals surface area contributed by atoms with E-state index in [0.29, 0.717) is 5.56 Å². The lowest BCUT2D eigenvalue weighted by Gasteiger charge is -2.15. The topological polar surface area (TPSA) is 205 Å². The molecule has 1 aromatic carbocycles. The molecular formula is C9H15NO10P2. The van der Waals surface area contributed by atoms with Gasteiger partial charge in [-0.25, -0.2) is 14.2 Å². The predicted octanol–water partition coefficient (Wildman–Crippen LogP) is -0.858. The van der Waals surface area contributed by atoms with E-state index >= 15 is 0 Å². The number of carboxylic acids is 1. The van der Waals surface area contributed by atoms with E-state index in [1.54, 1.807) is 5.09 Å². The van der Waals surface area contributed by atoms with Crippen LogP contribution in [0.2, 0.25) is 0 Å². The molecule has 22 heavy (non-hydrogen) atoms. The number of hydrogen-bond acceptors (Lipinski definition) is 4. The monoisotopic (exact) mass is 359 g/mol. The Morgan fingerprint density at radius 3 is 1.77 bits per heavy atom. The first-order chi connectivity index (χ1) is 9.78. The number of aromatic hydroxyl groups is 1. The molecule has 0 saturated carbocycles. The van der Waals surface area contributed by atoms with Crippen LogP contribution >= 0.6 is 15.6 Å². The number of phenolic OH excluding ortho intramolecular Hbond substituents is 1. The van der Waals surface area contributed by atoms with E-state index in [2.05, 4.69) is 0 Å². The van der Waals surface area contributed by atoms with Gasteiger partial charge < -0.3 is 34.7 Å². The van der Waals surface area contributed by atoms with Crippen LogP contribution in [0.15, 0.2) is 24.3 Å². The zero-order valence-corrected chi connectivity index (χ0v) is 12.6. The molecular weight excluding hydrogens is 344 g/mol. The van der Waals surface area contributed by atoms with Gasteiger partial charge in [0.1, 0.15) is 11.8 Å². The maximum atomic E-state index is 10.8. The molecule has 0 aliphatic carbocycles. The number of aliphatic carboxylic acids is 1. The molecule has 0 aliphatic rings. The molecule has 0 spiro atoms. The summed E-state index contributed by atoms with van der Waals surface area (Å²) < 4.78 is 19.6. The number of nitrogens with one attached hydrogen (secondary N) is 1. The second-order valence-electron chi connectivity index (χ2n) is 3.95. The lowest BCUT2D eigenvalue weighted by Crippen LogP contribution is -2.36. The fourth-order valence-electron chi connectivity index (χ4n) is 1.26. The number of phenols is 1. The summed E-state index contributed by atoms with van der Waals surface area (Å²) in [6, 6.07) is 4.30. The molecule has 0 saturated heterocycles. The van der Waals surface area contributed by atoms with Crippen LogP contribution in [0.5, 0.6) is 5.75 Å².